The highest BCUT2D eigenvalue weighted by molar-refractivity contribution is 7.07. The smallest absolute Gasteiger partial charge is 0.184 e. The summed E-state index contributed by atoms with van der Waals surface area (Å²) in [4.78, 5) is 5.85. The Labute approximate surface area is 96.7 Å². The van der Waals surface area contributed by atoms with Crippen LogP contribution < -0.4 is 4.80 Å². The molecule has 1 rings (SSSR count). The Balaban J connectivity index is 2.73. The highest BCUT2D eigenvalue weighted by atomic mass is 32.1. The Morgan fingerprint density at radius 1 is 1.27 bits per heavy atom. The summed E-state index contributed by atoms with van der Waals surface area (Å²) in [7, 11) is 0. The van der Waals surface area contributed by atoms with Gasteiger partial charge >= 0.3 is 0 Å². The van der Waals surface area contributed by atoms with Crippen molar-refractivity contribution in [1.29, 1.82) is 0 Å². The first-order chi connectivity index (χ1) is 7.29. The number of aromatic nitrogens is 1. The van der Waals surface area contributed by atoms with Crippen molar-refractivity contribution in [3.63, 3.8) is 0 Å². The normalized spacial score (nSPS) is 12.3. The summed E-state index contributed by atoms with van der Waals surface area (Å²) in [5.74, 6) is 0. The Morgan fingerprint density at radius 2 is 2.00 bits per heavy atom. The van der Waals surface area contributed by atoms with Crippen molar-refractivity contribution < 1.29 is 0 Å². The Bertz CT molecular complexity index is 336. The SMILES string of the molecule is CCCCN=c1scc(C)n1CCCC. The molecule has 86 valence electrons. The molecular formula is C12H22N2S. The van der Waals surface area contributed by atoms with Crippen LogP contribution in [-0.4, -0.2) is 11.1 Å². The number of hydrogen-bond acceptors (Lipinski definition) is 2. The summed E-state index contributed by atoms with van der Waals surface area (Å²) in [6.07, 6.45) is 4.92. The molecule has 0 fully saturated rings. The minimum Gasteiger partial charge on any atom is -0.321 e. The third-order valence-corrected chi connectivity index (χ3v) is 3.50. The van der Waals surface area contributed by atoms with Crippen LogP contribution in [0.1, 0.15) is 45.2 Å². The number of nitrogens with zero attached hydrogens (tertiary/aromatic N) is 2. The third kappa shape index (κ3) is 3.82. The van der Waals surface area contributed by atoms with E-state index in [0.29, 0.717) is 0 Å². The molecular weight excluding hydrogens is 204 g/mol. The van der Waals surface area contributed by atoms with Crippen LogP contribution in [0.2, 0.25) is 0 Å². The van der Waals surface area contributed by atoms with Gasteiger partial charge in [0.25, 0.3) is 0 Å². The quantitative estimate of drug-likeness (QED) is 0.662. The Morgan fingerprint density at radius 3 is 2.67 bits per heavy atom. The average molecular weight is 226 g/mol. The average Bonchev–Trinajstić information content (AvgIpc) is 2.58. The minimum absolute atomic E-state index is 0.975. The van der Waals surface area contributed by atoms with Crippen molar-refractivity contribution in [2.24, 2.45) is 4.99 Å². The van der Waals surface area contributed by atoms with Crippen LogP contribution >= 0.6 is 11.3 Å². The predicted octanol–water partition coefficient (Wildman–Crippen LogP) is 3.36. The van der Waals surface area contributed by atoms with E-state index in [1.54, 1.807) is 11.3 Å². The van der Waals surface area contributed by atoms with Gasteiger partial charge in [0.1, 0.15) is 0 Å². The second-order valence-corrected chi connectivity index (χ2v) is 4.74. The molecule has 0 saturated carbocycles. The summed E-state index contributed by atoms with van der Waals surface area (Å²) in [6.45, 7) is 8.71. The van der Waals surface area contributed by atoms with Crippen molar-refractivity contribution in [3.8, 4) is 0 Å². The first-order valence-corrected chi connectivity index (χ1v) is 6.83. The van der Waals surface area contributed by atoms with Gasteiger partial charge < -0.3 is 4.57 Å². The summed E-state index contributed by atoms with van der Waals surface area (Å²) in [6, 6.07) is 0. The molecule has 0 saturated heterocycles. The summed E-state index contributed by atoms with van der Waals surface area (Å²) in [5.41, 5.74) is 1.35. The van der Waals surface area contributed by atoms with Gasteiger partial charge in [-0.3, -0.25) is 4.99 Å². The molecule has 1 aromatic heterocycles. The highest BCUT2D eigenvalue weighted by Gasteiger charge is 1.99. The molecule has 0 aliphatic carbocycles. The maximum absolute atomic E-state index is 4.65. The van der Waals surface area contributed by atoms with Gasteiger partial charge in [0.2, 0.25) is 0 Å². The van der Waals surface area contributed by atoms with Gasteiger partial charge in [0.15, 0.2) is 4.80 Å². The van der Waals surface area contributed by atoms with Crippen molar-refractivity contribution in [2.75, 3.05) is 6.54 Å². The monoisotopic (exact) mass is 226 g/mol. The largest absolute Gasteiger partial charge is 0.321 e. The van der Waals surface area contributed by atoms with Gasteiger partial charge in [-0.2, -0.15) is 0 Å². The first kappa shape index (κ1) is 12.5. The fourth-order valence-corrected chi connectivity index (χ4v) is 2.39. The van der Waals surface area contributed by atoms with Crippen LogP contribution in [0.4, 0.5) is 0 Å². The lowest BCUT2D eigenvalue weighted by atomic mass is 10.3. The molecule has 0 unspecified atom stereocenters. The minimum atomic E-state index is 0.975. The topological polar surface area (TPSA) is 17.3 Å². The third-order valence-electron chi connectivity index (χ3n) is 2.49. The van der Waals surface area contributed by atoms with Crippen LogP contribution in [0, 0.1) is 6.92 Å². The maximum atomic E-state index is 4.65. The number of aryl methyl sites for hydroxylation is 1. The van der Waals surface area contributed by atoms with Crippen LogP contribution in [0.25, 0.3) is 0 Å². The summed E-state index contributed by atoms with van der Waals surface area (Å²) in [5, 5.41) is 2.21. The van der Waals surface area contributed by atoms with Gasteiger partial charge in [0.05, 0.1) is 0 Å². The molecule has 1 aromatic rings. The lowest BCUT2D eigenvalue weighted by molar-refractivity contribution is 0.599. The molecule has 1 heterocycles. The number of unbranched alkanes of at least 4 members (excludes halogenated alkanes) is 2. The molecule has 0 N–H and O–H groups in total. The molecule has 3 heteroatoms. The van der Waals surface area contributed by atoms with Gasteiger partial charge in [-0.25, -0.2) is 0 Å². The fraction of sp³-hybridized carbons (Fsp3) is 0.750. The Kier molecular flexibility index (Phi) is 5.69. The lowest BCUT2D eigenvalue weighted by Crippen LogP contribution is -2.16. The molecule has 0 aliphatic heterocycles. The van der Waals surface area contributed by atoms with E-state index < -0.39 is 0 Å². The zero-order valence-corrected chi connectivity index (χ0v) is 10.9. The molecule has 0 amide bonds. The molecule has 0 radical (unpaired) electrons. The van der Waals surface area contributed by atoms with E-state index in [9.17, 15) is 0 Å². The van der Waals surface area contributed by atoms with E-state index in [1.807, 2.05) is 0 Å². The molecule has 0 spiro atoms. The van der Waals surface area contributed by atoms with Gasteiger partial charge in [-0.05, 0) is 19.8 Å². The molecule has 2 nitrogen and oxygen atoms in total. The summed E-state index contributed by atoms with van der Waals surface area (Å²) >= 11 is 1.77. The van der Waals surface area contributed by atoms with Crippen molar-refractivity contribution in [3.05, 3.63) is 15.9 Å². The van der Waals surface area contributed by atoms with Crippen molar-refractivity contribution in [1.82, 2.24) is 4.57 Å². The van der Waals surface area contributed by atoms with E-state index >= 15 is 0 Å². The van der Waals surface area contributed by atoms with E-state index in [-0.39, 0.29) is 0 Å². The highest BCUT2D eigenvalue weighted by Crippen LogP contribution is 2.02. The van der Waals surface area contributed by atoms with E-state index in [1.165, 1.54) is 36.2 Å². The number of rotatable bonds is 6. The van der Waals surface area contributed by atoms with Gasteiger partial charge in [0, 0.05) is 24.2 Å². The second-order valence-electron chi connectivity index (χ2n) is 3.90. The lowest BCUT2D eigenvalue weighted by Gasteiger charge is -2.03. The van der Waals surface area contributed by atoms with Crippen molar-refractivity contribution >= 4 is 11.3 Å². The maximum Gasteiger partial charge on any atom is 0.184 e. The van der Waals surface area contributed by atoms with Gasteiger partial charge in [-0.15, -0.1) is 11.3 Å². The number of hydrogen-bond donors (Lipinski definition) is 0. The second kappa shape index (κ2) is 6.83. The fourth-order valence-electron chi connectivity index (χ4n) is 1.46. The zero-order valence-electron chi connectivity index (χ0n) is 10.1. The molecule has 0 atom stereocenters. The molecule has 0 aromatic carbocycles. The standard InChI is InChI=1S/C12H22N2S/c1-4-6-8-13-12-14(9-7-5-2)11(3)10-15-12/h10H,4-9H2,1-3H3. The molecule has 15 heavy (non-hydrogen) atoms. The van der Waals surface area contributed by atoms with Crippen LogP contribution in [0.3, 0.4) is 0 Å². The molecule has 0 aliphatic rings. The summed E-state index contributed by atoms with van der Waals surface area (Å²) < 4.78 is 2.35. The Hall–Kier alpha value is -0.570. The zero-order chi connectivity index (χ0) is 11.1. The van der Waals surface area contributed by atoms with Crippen LogP contribution in [-0.2, 0) is 6.54 Å². The van der Waals surface area contributed by atoms with E-state index in [2.05, 4.69) is 35.7 Å². The van der Waals surface area contributed by atoms with Crippen LogP contribution in [0.5, 0.6) is 0 Å². The van der Waals surface area contributed by atoms with Crippen LogP contribution in [0.15, 0.2) is 10.4 Å². The van der Waals surface area contributed by atoms with E-state index in [4.69, 9.17) is 0 Å². The molecule has 0 bridgehead atoms. The van der Waals surface area contributed by atoms with Crippen molar-refractivity contribution in [2.45, 2.75) is 53.0 Å². The predicted molar refractivity (Wildman–Crippen MR) is 67.3 cm³/mol. The number of thiazole rings is 1. The van der Waals surface area contributed by atoms with E-state index in [0.717, 1.165) is 13.1 Å². The first-order valence-electron chi connectivity index (χ1n) is 5.95. The van der Waals surface area contributed by atoms with Gasteiger partial charge in [-0.1, -0.05) is 26.7 Å².